The Morgan fingerprint density at radius 3 is 2.71 bits per heavy atom. The molecule has 2 rings (SSSR count). The number of halogens is 1. The predicted molar refractivity (Wildman–Crippen MR) is 70.6 cm³/mol. The largest absolute Gasteiger partial charge is 0.465 e. The number of sulfonamides is 1. The van der Waals surface area contributed by atoms with Crippen LogP contribution in [-0.4, -0.2) is 31.7 Å². The summed E-state index contributed by atoms with van der Waals surface area (Å²) in [4.78, 5) is 11.0. The summed E-state index contributed by atoms with van der Waals surface area (Å²) in [5.74, 6) is -1.76. The van der Waals surface area contributed by atoms with Gasteiger partial charge in [-0.05, 0) is 30.3 Å². The molecule has 0 aliphatic heterocycles. The number of carbonyl (C=O) groups excluding carboxylic acids is 1. The van der Waals surface area contributed by atoms with Crippen LogP contribution in [0, 0.1) is 5.82 Å². The van der Waals surface area contributed by atoms with Crippen LogP contribution >= 0.6 is 0 Å². The summed E-state index contributed by atoms with van der Waals surface area (Å²) >= 11 is 0. The summed E-state index contributed by atoms with van der Waals surface area (Å²) in [6.45, 7) is 0. The molecule has 0 bridgehead atoms. The van der Waals surface area contributed by atoms with Crippen LogP contribution in [0.3, 0.4) is 0 Å². The first-order valence-electron chi connectivity index (χ1n) is 5.62. The fourth-order valence-electron chi connectivity index (χ4n) is 1.55. The van der Waals surface area contributed by atoms with E-state index in [0.717, 1.165) is 25.3 Å². The van der Waals surface area contributed by atoms with Crippen LogP contribution < -0.4 is 4.72 Å². The fraction of sp³-hybridized carbons (Fsp3) is 0.0833. The van der Waals surface area contributed by atoms with Gasteiger partial charge in [-0.1, -0.05) is 0 Å². The molecule has 1 N–H and O–H groups in total. The van der Waals surface area contributed by atoms with E-state index in [1.165, 1.54) is 18.3 Å². The van der Waals surface area contributed by atoms with E-state index in [-0.39, 0.29) is 11.4 Å². The van der Waals surface area contributed by atoms with Gasteiger partial charge in [0.1, 0.15) is 10.7 Å². The van der Waals surface area contributed by atoms with Crippen molar-refractivity contribution < 1.29 is 22.3 Å². The summed E-state index contributed by atoms with van der Waals surface area (Å²) in [7, 11) is -3.12. The topological polar surface area (TPSA) is 98.2 Å². The molecule has 0 radical (unpaired) electrons. The highest BCUT2D eigenvalue weighted by Crippen LogP contribution is 2.20. The molecule has 2 aromatic rings. The molecule has 0 unspecified atom stereocenters. The van der Waals surface area contributed by atoms with Crippen molar-refractivity contribution in [3.05, 3.63) is 47.9 Å². The van der Waals surface area contributed by atoms with E-state index in [0.29, 0.717) is 0 Å². The highest BCUT2D eigenvalue weighted by Gasteiger charge is 2.24. The van der Waals surface area contributed by atoms with Crippen molar-refractivity contribution in [3.8, 4) is 0 Å². The van der Waals surface area contributed by atoms with Gasteiger partial charge in [-0.25, -0.2) is 17.6 Å². The molecule has 0 saturated heterocycles. The molecule has 0 aliphatic rings. The molecule has 21 heavy (non-hydrogen) atoms. The molecule has 110 valence electrons. The third kappa shape index (κ3) is 3.31. The number of hydrogen-bond acceptors (Lipinski definition) is 6. The van der Waals surface area contributed by atoms with Crippen molar-refractivity contribution in [2.24, 2.45) is 0 Å². The highest BCUT2D eigenvalue weighted by atomic mass is 32.2. The first-order valence-corrected chi connectivity index (χ1v) is 7.11. The summed E-state index contributed by atoms with van der Waals surface area (Å²) < 4.78 is 44.4. The molecular weight excluding hydrogens is 301 g/mol. The van der Waals surface area contributed by atoms with Crippen LogP contribution in [0.2, 0.25) is 0 Å². The maximum absolute atomic E-state index is 13.3. The Hall–Kier alpha value is -2.55. The second-order valence-electron chi connectivity index (χ2n) is 3.85. The zero-order valence-electron chi connectivity index (χ0n) is 10.8. The summed E-state index contributed by atoms with van der Waals surface area (Å²) in [5, 5.41) is 7.07. The first-order chi connectivity index (χ1) is 9.94. The third-order valence-corrected chi connectivity index (χ3v) is 3.84. The lowest BCUT2D eigenvalue weighted by Gasteiger charge is -2.10. The molecule has 0 atom stereocenters. The molecule has 0 saturated carbocycles. The van der Waals surface area contributed by atoms with Crippen LogP contribution in [0.5, 0.6) is 0 Å². The van der Waals surface area contributed by atoms with Crippen molar-refractivity contribution in [1.29, 1.82) is 0 Å². The van der Waals surface area contributed by atoms with Gasteiger partial charge in [0, 0.05) is 6.20 Å². The monoisotopic (exact) mass is 311 g/mol. The second kappa shape index (κ2) is 5.83. The number of nitrogens with one attached hydrogen (secondary N) is 1. The minimum Gasteiger partial charge on any atom is -0.465 e. The van der Waals surface area contributed by atoms with E-state index in [1.807, 2.05) is 0 Å². The van der Waals surface area contributed by atoms with E-state index in [9.17, 15) is 17.6 Å². The van der Waals surface area contributed by atoms with E-state index < -0.39 is 26.7 Å². The molecule has 7 nitrogen and oxygen atoms in total. The van der Waals surface area contributed by atoms with Crippen molar-refractivity contribution >= 4 is 21.8 Å². The first kappa shape index (κ1) is 14.9. The number of benzene rings is 1. The quantitative estimate of drug-likeness (QED) is 0.852. The molecule has 1 aromatic carbocycles. The number of methoxy groups -OCH3 is 1. The average Bonchev–Trinajstić information content (AvgIpc) is 2.47. The van der Waals surface area contributed by atoms with Gasteiger partial charge in [-0.15, -0.1) is 5.10 Å². The minimum atomic E-state index is -4.21. The Labute approximate surface area is 119 Å². The average molecular weight is 311 g/mol. The molecule has 0 fully saturated rings. The maximum atomic E-state index is 13.3. The van der Waals surface area contributed by atoms with Gasteiger partial charge in [0.15, 0.2) is 5.82 Å². The number of aromatic nitrogens is 2. The normalized spacial score (nSPS) is 11.0. The lowest BCUT2D eigenvalue weighted by atomic mass is 10.2. The van der Waals surface area contributed by atoms with Gasteiger partial charge < -0.3 is 4.74 Å². The van der Waals surface area contributed by atoms with E-state index in [1.54, 1.807) is 0 Å². The summed E-state index contributed by atoms with van der Waals surface area (Å²) in [6.07, 6.45) is 1.36. The van der Waals surface area contributed by atoms with Gasteiger partial charge in [0.25, 0.3) is 10.0 Å². The number of rotatable bonds is 4. The molecule has 0 spiro atoms. The number of hydrogen-bond donors (Lipinski definition) is 1. The van der Waals surface area contributed by atoms with Gasteiger partial charge in [-0.2, -0.15) is 5.10 Å². The highest BCUT2D eigenvalue weighted by molar-refractivity contribution is 7.92. The van der Waals surface area contributed by atoms with Gasteiger partial charge in [0.2, 0.25) is 0 Å². The van der Waals surface area contributed by atoms with Crippen molar-refractivity contribution in [2.75, 3.05) is 11.8 Å². The predicted octanol–water partition coefficient (Wildman–Crippen LogP) is 1.20. The minimum absolute atomic E-state index is 0.0578. The van der Waals surface area contributed by atoms with E-state index in [2.05, 4.69) is 19.7 Å². The Bertz CT molecular complexity index is 765. The van der Waals surface area contributed by atoms with Crippen molar-refractivity contribution in [3.63, 3.8) is 0 Å². The van der Waals surface area contributed by atoms with E-state index in [4.69, 9.17) is 0 Å². The standard InChI is InChI=1S/C12H10FN3O4S/c1-20-12(17)9-5-4-8(13)7-10(9)21(18,19)16-11-3-2-6-14-15-11/h2-7H,1H3,(H,15,16). The molecule has 0 amide bonds. The van der Waals surface area contributed by atoms with Crippen molar-refractivity contribution in [2.45, 2.75) is 4.90 Å². The Kier molecular flexibility index (Phi) is 4.13. The van der Waals surface area contributed by atoms with E-state index >= 15 is 0 Å². The summed E-state index contributed by atoms with van der Waals surface area (Å²) in [5.41, 5.74) is -0.282. The molecule has 1 heterocycles. The maximum Gasteiger partial charge on any atom is 0.339 e. The number of nitrogens with zero attached hydrogens (tertiary/aromatic N) is 2. The molecule has 1 aromatic heterocycles. The Morgan fingerprint density at radius 2 is 2.10 bits per heavy atom. The lowest BCUT2D eigenvalue weighted by Crippen LogP contribution is -2.18. The van der Waals surface area contributed by atoms with Crippen LogP contribution in [0.4, 0.5) is 10.2 Å². The SMILES string of the molecule is COC(=O)c1ccc(F)cc1S(=O)(=O)Nc1cccnn1. The fourth-order valence-corrected chi connectivity index (χ4v) is 2.75. The third-order valence-electron chi connectivity index (χ3n) is 2.45. The zero-order chi connectivity index (χ0) is 15.5. The smallest absolute Gasteiger partial charge is 0.339 e. The second-order valence-corrected chi connectivity index (χ2v) is 5.50. The number of carbonyl (C=O) groups is 1. The van der Waals surface area contributed by atoms with Crippen LogP contribution in [0.25, 0.3) is 0 Å². The van der Waals surface area contributed by atoms with Gasteiger partial charge >= 0.3 is 5.97 Å². The van der Waals surface area contributed by atoms with Crippen LogP contribution in [0.1, 0.15) is 10.4 Å². The Morgan fingerprint density at radius 1 is 1.33 bits per heavy atom. The van der Waals surface area contributed by atoms with Crippen molar-refractivity contribution in [1.82, 2.24) is 10.2 Å². The molecule has 0 aliphatic carbocycles. The summed E-state index contributed by atoms with van der Waals surface area (Å²) in [6, 6.07) is 5.56. The molecular formula is C12H10FN3O4S. The number of anilines is 1. The number of esters is 1. The van der Waals surface area contributed by atoms with Crippen LogP contribution in [0.15, 0.2) is 41.4 Å². The Balaban J connectivity index is 2.49. The molecule has 9 heteroatoms. The lowest BCUT2D eigenvalue weighted by molar-refractivity contribution is 0.0596. The van der Waals surface area contributed by atoms with Gasteiger partial charge in [0.05, 0.1) is 12.7 Å². The zero-order valence-corrected chi connectivity index (χ0v) is 11.6. The number of ether oxygens (including phenoxy) is 1. The van der Waals surface area contributed by atoms with Gasteiger partial charge in [-0.3, -0.25) is 4.72 Å². The van der Waals surface area contributed by atoms with Crippen LogP contribution in [-0.2, 0) is 14.8 Å².